The fourth-order valence-corrected chi connectivity index (χ4v) is 3.55. The summed E-state index contributed by atoms with van der Waals surface area (Å²) < 4.78 is 37.4. The molecule has 1 aliphatic heterocycles. The third-order valence-corrected chi connectivity index (χ3v) is 4.65. The molecule has 1 aromatic carbocycles. The third-order valence-electron chi connectivity index (χ3n) is 3.92. The minimum atomic E-state index is -3.42. The van der Waals surface area contributed by atoms with Crippen LogP contribution in [0.5, 0.6) is 5.75 Å². The molecule has 0 amide bonds. The normalized spacial score (nSPS) is 20.6. The predicted molar refractivity (Wildman–Crippen MR) is 92.1 cm³/mol. The Morgan fingerprint density at radius 2 is 2.08 bits per heavy atom. The molecule has 0 bridgehead atoms. The molecule has 134 valence electrons. The summed E-state index contributed by atoms with van der Waals surface area (Å²) in [4.78, 5) is 12.3. The number of nitrogens with one attached hydrogen (secondary N) is 1. The van der Waals surface area contributed by atoms with E-state index in [0.717, 1.165) is 11.8 Å². The quantitative estimate of drug-likeness (QED) is 0.824. The molecule has 3 rings (SSSR count). The summed E-state index contributed by atoms with van der Waals surface area (Å²) in [5, 5.41) is 4.41. The minimum absolute atomic E-state index is 0.190. The fraction of sp³-hybridized carbons (Fsp3) is 0.375. The van der Waals surface area contributed by atoms with Gasteiger partial charge in [-0.25, -0.2) is 17.8 Å². The molecule has 1 fully saturated rings. The van der Waals surface area contributed by atoms with E-state index >= 15 is 0 Å². The number of methoxy groups -OCH3 is 1. The number of benzene rings is 1. The summed E-state index contributed by atoms with van der Waals surface area (Å²) in [5.41, 5.74) is 1.06. The van der Waals surface area contributed by atoms with E-state index < -0.39 is 22.1 Å². The smallest absolute Gasteiger partial charge is 0.267 e. The zero-order chi connectivity index (χ0) is 18.0. The standard InChI is InChI=1S/C16H19N3O5S/c1-23-12-5-3-4-11(8-12)13-6-7-16(20)19(17-13)15-10-24-9-14(15)18-25(2,21)22/h3-8,14-15,18H,9-10H2,1-2H3. The Bertz CT molecular complexity index is 925. The lowest BCUT2D eigenvalue weighted by molar-refractivity contribution is 0.182. The molecule has 2 aromatic rings. The van der Waals surface area contributed by atoms with Crippen molar-refractivity contribution < 1.29 is 17.9 Å². The van der Waals surface area contributed by atoms with Gasteiger partial charge in [0.1, 0.15) is 5.75 Å². The number of aromatic nitrogens is 2. The summed E-state index contributed by atoms with van der Waals surface area (Å²) in [6.45, 7) is 0.400. The van der Waals surface area contributed by atoms with E-state index in [2.05, 4.69) is 9.82 Å². The van der Waals surface area contributed by atoms with Crippen LogP contribution >= 0.6 is 0 Å². The van der Waals surface area contributed by atoms with Gasteiger partial charge < -0.3 is 9.47 Å². The van der Waals surface area contributed by atoms with Crippen molar-refractivity contribution in [1.29, 1.82) is 0 Å². The highest BCUT2D eigenvalue weighted by Gasteiger charge is 2.33. The van der Waals surface area contributed by atoms with Crippen molar-refractivity contribution in [3.8, 4) is 17.0 Å². The Labute approximate surface area is 145 Å². The van der Waals surface area contributed by atoms with Crippen molar-refractivity contribution in [2.45, 2.75) is 12.1 Å². The zero-order valence-electron chi connectivity index (χ0n) is 13.9. The molecule has 0 radical (unpaired) electrons. The van der Waals surface area contributed by atoms with Gasteiger partial charge in [0.25, 0.3) is 5.56 Å². The lowest BCUT2D eigenvalue weighted by Crippen LogP contribution is -2.43. The number of ether oxygens (including phenoxy) is 2. The number of nitrogens with zero attached hydrogens (tertiary/aromatic N) is 2. The Morgan fingerprint density at radius 1 is 1.28 bits per heavy atom. The lowest BCUT2D eigenvalue weighted by atomic mass is 10.1. The van der Waals surface area contributed by atoms with Crippen LogP contribution < -0.4 is 15.0 Å². The first-order valence-corrected chi connectivity index (χ1v) is 9.56. The maximum absolute atomic E-state index is 12.3. The Morgan fingerprint density at radius 3 is 2.80 bits per heavy atom. The van der Waals surface area contributed by atoms with Gasteiger partial charge in [-0.3, -0.25) is 4.79 Å². The van der Waals surface area contributed by atoms with Crippen molar-refractivity contribution >= 4 is 10.0 Å². The molecule has 9 heteroatoms. The molecule has 25 heavy (non-hydrogen) atoms. The molecule has 0 saturated carbocycles. The van der Waals surface area contributed by atoms with E-state index in [1.165, 1.54) is 10.7 Å². The zero-order valence-corrected chi connectivity index (χ0v) is 14.7. The first kappa shape index (κ1) is 17.6. The van der Waals surface area contributed by atoms with Crippen LogP contribution in [0.25, 0.3) is 11.3 Å². The van der Waals surface area contributed by atoms with Gasteiger partial charge in [-0.1, -0.05) is 12.1 Å². The van der Waals surface area contributed by atoms with Crippen LogP contribution in [0.2, 0.25) is 0 Å². The average molecular weight is 365 g/mol. The number of hydrogen-bond donors (Lipinski definition) is 1. The summed E-state index contributed by atoms with van der Waals surface area (Å²) in [6.07, 6.45) is 1.07. The van der Waals surface area contributed by atoms with Gasteiger partial charge in [-0.15, -0.1) is 0 Å². The molecule has 8 nitrogen and oxygen atoms in total. The molecule has 2 atom stereocenters. The topological polar surface area (TPSA) is 99.5 Å². The number of sulfonamides is 1. The second-order valence-corrected chi connectivity index (χ2v) is 7.61. The minimum Gasteiger partial charge on any atom is -0.497 e. The van der Waals surface area contributed by atoms with Gasteiger partial charge in [0.05, 0.1) is 44.4 Å². The van der Waals surface area contributed by atoms with Crippen molar-refractivity contribution in [3.05, 3.63) is 46.8 Å². The SMILES string of the molecule is COc1cccc(-c2ccc(=O)n(C3COCC3NS(C)(=O)=O)n2)c1. The van der Waals surface area contributed by atoms with Crippen LogP contribution in [0.3, 0.4) is 0 Å². The van der Waals surface area contributed by atoms with E-state index in [-0.39, 0.29) is 18.8 Å². The molecule has 1 N–H and O–H groups in total. The third kappa shape index (κ3) is 4.06. The molecular formula is C16H19N3O5S. The highest BCUT2D eigenvalue weighted by Crippen LogP contribution is 2.23. The first-order chi connectivity index (χ1) is 11.9. The van der Waals surface area contributed by atoms with Gasteiger partial charge in [-0.05, 0) is 18.2 Å². The largest absolute Gasteiger partial charge is 0.497 e. The van der Waals surface area contributed by atoms with Crippen LogP contribution in [-0.4, -0.2) is 50.8 Å². The monoisotopic (exact) mass is 365 g/mol. The van der Waals surface area contributed by atoms with Crippen LogP contribution in [0.4, 0.5) is 0 Å². The lowest BCUT2D eigenvalue weighted by Gasteiger charge is -2.19. The van der Waals surface area contributed by atoms with Crippen LogP contribution in [0.15, 0.2) is 41.2 Å². The van der Waals surface area contributed by atoms with Gasteiger partial charge in [0, 0.05) is 11.6 Å². The van der Waals surface area contributed by atoms with Gasteiger partial charge in [0.15, 0.2) is 0 Å². The van der Waals surface area contributed by atoms with Gasteiger partial charge >= 0.3 is 0 Å². The number of rotatable bonds is 5. The van der Waals surface area contributed by atoms with E-state index in [1.807, 2.05) is 24.3 Å². The first-order valence-electron chi connectivity index (χ1n) is 7.67. The molecule has 2 heterocycles. The molecule has 1 saturated heterocycles. The Kier molecular flexibility index (Phi) is 4.89. The predicted octanol–water partition coefficient (Wildman–Crippen LogP) is 0.408. The highest BCUT2D eigenvalue weighted by molar-refractivity contribution is 7.88. The highest BCUT2D eigenvalue weighted by atomic mass is 32.2. The molecular weight excluding hydrogens is 346 g/mol. The maximum Gasteiger partial charge on any atom is 0.267 e. The van der Waals surface area contributed by atoms with Crippen molar-refractivity contribution in [3.63, 3.8) is 0 Å². The second-order valence-electron chi connectivity index (χ2n) is 5.83. The average Bonchev–Trinajstić information content (AvgIpc) is 3.01. The van der Waals surface area contributed by atoms with E-state index in [1.54, 1.807) is 13.2 Å². The summed E-state index contributed by atoms with van der Waals surface area (Å²) in [5.74, 6) is 0.679. The van der Waals surface area contributed by atoms with Crippen LogP contribution in [0.1, 0.15) is 6.04 Å². The molecule has 0 spiro atoms. The fourth-order valence-electron chi connectivity index (χ4n) is 2.77. The Hall–Kier alpha value is -2.23. The maximum atomic E-state index is 12.3. The molecule has 0 aliphatic carbocycles. The van der Waals surface area contributed by atoms with Gasteiger partial charge in [0.2, 0.25) is 10.0 Å². The van der Waals surface area contributed by atoms with Crippen LogP contribution in [-0.2, 0) is 14.8 Å². The molecule has 1 aromatic heterocycles. The summed E-state index contributed by atoms with van der Waals surface area (Å²) in [6, 6.07) is 9.31. The van der Waals surface area contributed by atoms with E-state index in [0.29, 0.717) is 11.4 Å². The Balaban J connectivity index is 1.98. The van der Waals surface area contributed by atoms with Crippen molar-refractivity contribution in [2.24, 2.45) is 0 Å². The summed E-state index contributed by atoms with van der Waals surface area (Å²) in [7, 11) is -1.85. The summed E-state index contributed by atoms with van der Waals surface area (Å²) >= 11 is 0. The van der Waals surface area contributed by atoms with Gasteiger partial charge in [-0.2, -0.15) is 5.10 Å². The molecule has 2 unspecified atom stereocenters. The van der Waals surface area contributed by atoms with Crippen LogP contribution in [0, 0.1) is 0 Å². The van der Waals surface area contributed by atoms with Crippen molar-refractivity contribution in [1.82, 2.24) is 14.5 Å². The molecule has 1 aliphatic rings. The van der Waals surface area contributed by atoms with E-state index in [9.17, 15) is 13.2 Å². The number of hydrogen-bond acceptors (Lipinski definition) is 6. The van der Waals surface area contributed by atoms with Crippen molar-refractivity contribution in [2.75, 3.05) is 26.6 Å². The van der Waals surface area contributed by atoms with E-state index in [4.69, 9.17) is 9.47 Å². The second kappa shape index (κ2) is 6.95.